The molecule has 0 bridgehead atoms. The van der Waals surface area contributed by atoms with Gasteiger partial charge in [-0.2, -0.15) is 0 Å². The number of benzene rings is 1. The summed E-state index contributed by atoms with van der Waals surface area (Å²) in [6.45, 7) is 0.107. The van der Waals surface area contributed by atoms with Crippen molar-refractivity contribution < 1.29 is 5.11 Å². The molecule has 0 saturated carbocycles. The maximum atomic E-state index is 8.94. The van der Waals surface area contributed by atoms with Gasteiger partial charge in [0.25, 0.3) is 0 Å². The summed E-state index contributed by atoms with van der Waals surface area (Å²) in [6.07, 6.45) is 2.00. The van der Waals surface area contributed by atoms with Crippen molar-refractivity contribution in [2.24, 2.45) is 0 Å². The molecule has 0 saturated heterocycles. The highest BCUT2D eigenvalue weighted by Gasteiger charge is 2.02. The molecule has 60 valence electrons. The Hall–Kier alpha value is 0.01000. The molecule has 0 aliphatic rings. The number of aliphatic hydroxyl groups excluding tert-OH is 1. The fraction of sp³-hybridized carbons (Fsp3) is 0.250. The molecule has 0 unspecified atom stereocenters. The van der Waals surface area contributed by atoms with Crippen LogP contribution in [0.3, 0.4) is 0 Å². The molecule has 0 aliphatic carbocycles. The van der Waals surface area contributed by atoms with E-state index < -0.39 is 0 Å². The van der Waals surface area contributed by atoms with E-state index in [-0.39, 0.29) is 6.61 Å². The van der Waals surface area contributed by atoms with Gasteiger partial charge < -0.3 is 5.11 Å². The van der Waals surface area contributed by atoms with Crippen LogP contribution in [0.5, 0.6) is 0 Å². The Bertz CT molecular complexity index is 250. The summed E-state index contributed by atoms with van der Waals surface area (Å²) in [5.74, 6) is 0. The maximum Gasteiger partial charge on any atom is 0.0693 e. The zero-order valence-electron chi connectivity index (χ0n) is 6.17. The quantitative estimate of drug-likeness (QED) is 0.792. The molecule has 3 heteroatoms. The Morgan fingerprint density at radius 2 is 2.27 bits per heavy atom. The van der Waals surface area contributed by atoms with E-state index in [0.717, 1.165) is 14.9 Å². The lowest BCUT2D eigenvalue weighted by Crippen LogP contribution is -1.86. The average Bonchev–Trinajstić information content (AvgIpc) is 2.04. The average molecular weight is 233 g/mol. The number of thioether (sulfide) groups is 1. The Morgan fingerprint density at radius 3 is 2.73 bits per heavy atom. The first-order valence-electron chi connectivity index (χ1n) is 3.22. The van der Waals surface area contributed by atoms with Gasteiger partial charge in [-0.05, 0) is 33.8 Å². The zero-order chi connectivity index (χ0) is 8.27. The second-order valence-electron chi connectivity index (χ2n) is 2.09. The Balaban J connectivity index is 3.13. The number of hydrogen-bond donors (Lipinski definition) is 1. The van der Waals surface area contributed by atoms with Crippen LogP contribution >= 0.6 is 27.7 Å². The molecular weight excluding hydrogens is 224 g/mol. The van der Waals surface area contributed by atoms with E-state index in [1.807, 2.05) is 24.5 Å². The minimum Gasteiger partial charge on any atom is -0.392 e. The van der Waals surface area contributed by atoms with Crippen molar-refractivity contribution in [3.05, 3.63) is 28.2 Å². The van der Waals surface area contributed by atoms with Gasteiger partial charge in [-0.3, -0.25) is 0 Å². The van der Waals surface area contributed by atoms with Crippen LogP contribution in [0.4, 0.5) is 0 Å². The molecule has 1 aromatic carbocycles. The summed E-state index contributed by atoms with van der Waals surface area (Å²) in [4.78, 5) is 1.12. The monoisotopic (exact) mass is 232 g/mol. The Morgan fingerprint density at radius 1 is 1.55 bits per heavy atom. The number of hydrogen-bond acceptors (Lipinski definition) is 2. The van der Waals surface area contributed by atoms with E-state index >= 15 is 0 Å². The standard InChI is InChI=1S/C8H9BrOS/c1-11-8-6(5-10)3-2-4-7(8)9/h2-4,10H,5H2,1H3. The SMILES string of the molecule is CSc1c(Br)cccc1CO. The van der Waals surface area contributed by atoms with Crippen molar-refractivity contribution in [3.63, 3.8) is 0 Å². The number of halogens is 1. The molecule has 0 atom stereocenters. The van der Waals surface area contributed by atoms with E-state index in [2.05, 4.69) is 15.9 Å². The van der Waals surface area contributed by atoms with Crippen molar-refractivity contribution in [1.82, 2.24) is 0 Å². The third-order valence-electron chi connectivity index (χ3n) is 1.42. The van der Waals surface area contributed by atoms with Crippen LogP contribution in [0.1, 0.15) is 5.56 Å². The summed E-state index contributed by atoms with van der Waals surface area (Å²) >= 11 is 5.06. The smallest absolute Gasteiger partial charge is 0.0693 e. The molecule has 0 fully saturated rings. The summed E-state index contributed by atoms with van der Waals surface area (Å²) < 4.78 is 1.05. The Kier molecular flexibility index (Phi) is 3.43. The van der Waals surface area contributed by atoms with Crippen molar-refractivity contribution in [2.75, 3.05) is 6.26 Å². The lowest BCUT2D eigenvalue weighted by molar-refractivity contribution is 0.279. The second-order valence-corrected chi connectivity index (χ2v) is 3.76. The molecule has 0 aromatic heterocycles. The molecule has 11 heavy (non-hydrogen) atoms. The van der Waals surface area contributed by atoms with Gasteiger partial charge in [-0.15, -0.1) is 11.8 Å². The fourth-order valence-electron chi connectivity index (χ4n) is 0.907. The normalized spacial score (nSPS) is 10.1. The third kappa shape index (κ3) is 1.98. The van der Waals surface area contributed by atoms with Crippen LogP contribution < -0.4 is 0 Å². The van der Waals surface area contributed by atoms with Crippen LogP contribution in [0.15, 0.2) is 27.6 Å². The van der Waals surface area contributed by atoms with Crippen LogP contribution in [-0.2, 0) is 6.61 Å². The molecular formula is C8H9BrOS. The highest BCUT2D eigenvalue weighted by atomic mass is 79.9. The zero-order valence-corrected chi connectivity index (χ0v) is 8.58. The maximum absolute atomic E-state index is 8.94. The number of rotatable bonds is 2. The van der Waals surface area contributed by atoms with Gasteiger partial charge in [0.1, 0.15) is 0 Å². The first-order chi connectivity index (χ1) is 5.29. The highest BCUT2D eigenvalue weighted by molar-refractivity contribution is 9.10. The van der Waals surface area contributed by atoms with E-state index in [1.165, 1.54) is 0 Å². The number of aliphatic hydroxyl groups is 1. The first kappa shape index (κ1) is 9.10. The fourth-order valence-corrected chi connectivity index (χ4v) is 2.46. The largest absolute Gasteiger partial charge is 0.392 e. The minimum absolute atomic E-state index is 0.107. The molecule has 1 N–H and O–H groups in total. The molecule has 1 aromatic rings. The molecule has 0 amide bonds. The molecule has 0 aliphatic heterocycles. The van der Waals surface area contributed by atoms with Crippen LogP contribution in [0, 0.1) is 0 Å². The lowest BCUT2D eigenvalue weighted by Gasteiger charge is -2.05. The van der Waals surface area contributed by atoms with E-state index in [0.29, 0.717) is 0 Å². The van der Waals surface area contributed by atoms with Crippen molar-refractivity contribution in [3.8, 4) is 0 Å². The topological polar surface area (TPSA) is 20.2 Å². The molecule has 1 rings (SSSR count). The van der Waals surface area contributed by atoms with E-state index in [1.54, 1.807) is 11.8 Å². The molecule has 0 radical (unpaired) electrons. The minimum atomic E-state index is 0.107. The third-order valence-corrected chi connectivity index (χ3v) is 3.24. The van der Waals surface area contributed by atoms with Crippen molar-refractivity contribution in [2.45, 2.75) is 11.5 Å². The van der Waals surface area contributed by atoms with Gasteiger partial charge >= 0.3 is 0 Å². The molecule has 0 heterocycles. The van der Waals surface area contributed by atoms with Crippen LogP contribution in [0.25, 0.3) is 0 Å². The molecule has 0 spiro atoms. The summed E-state index contributed by atoms with van der Waals surface area (Å²) in [6, 6.07) is 5.83. The van der Waals surface area contributed by atoms with Crippen LogP contribution in [-0.4, -0.2) is 11.4 Å². The van der Waals surface area contributed by atoms with Gasteiger partial charge in [0.15, 0.2) is 0 Å². The van der Waals surface area contributed by atoms with Gasteiger partial charge in [-0.1, -0.05) is 12.1 Å². The van der Waals surface area contributed by atoms with Gasteiger partial charge in [0.05, 0.1) is 6.61 Å². The van der Waals surface area contributed by atoms with Gasteiger partial charge in [-0.25, -0.2) is 0 Å². The summed E-state index contributed by atoms with van der Waals surface area (Å²) in [7, 11) is 0. The Labute approximate surface area is 78.9 Å². The summed E-state index contributed by atoms with van der Waals surface area (Å²) in [5.41, 5.74) is 0.979. The van der Waals surface area contributed by atoms with Crippen molar-refractivity contribution in [1.29, 1.82) is 0 Å². The van der Waals surface area contributed by atoms with Gasteiger partial charge in [0.2, 0.25) is 0 Å². The predicted octanol–water partition coefficient (Wildman–Crippen LogP) is 2.66. The van der Waals surface area contributed by atoms with Crippen molar-refractivity contribution >= 4 is 27.7 Å². The highest BCUT2D eigenvalue weighted by Crippen LogP contribution is 2.28. The van der Waals surface area contributed by atoms with Crippen LogP contribution in [0.2, 0.25) is 0 Å². The van der Waals surface area contributed by atoms with Gasteiger partial charge in [0, 0.05) is 9.37 Å². The second kappa shape index (κ2) is 4.14. The van der Waals surface area contributed by atoms with E-state index in [9.17, 15) is 0 Å². The summed E-state index contributed by atoms with van der Waals surface area (Å²) in [5, 5.41) is 8.94. The molecule has 1 nitrogen and oxygen atoms in total. The van der Waals surface area contributed by atoms with E-state index in [4.69, 9.17) is 5.11 Å². The lowest BCUT2D eigenvalue weighted by atomic mass is 10.2. The predicted molar refractivity (Wildman–Crippen MR) is 51.8 cm³/mol. The first-order valence-corrected chi connectivity index (χ1v) is 5.23.